The van der Waals surface area contributed by atoms with Crippen LogP contribution in [0.15, 0.2) is 24.3 Å². The minimum absolute atomic E-state index is 0.0569. The van der Waals surface area contributed by atoms with Crippen molar-refractivity contribution in [1.29, 1.82) is 0 Å². The number of aryl methyl sites for hydroxylation is 1. The van der Waals surface area contributed by atoms with Crippen LogP contribution in [0.3, 0.4) is 0 Å². The van der Waals surface area contributed by atoms with Gasteiger partial charge in [0.25, 0.3) is 0 Å². The molecule has 110 valence electrons. The molecule has 0 fully saturated rings. The fraction of sp³-hybridized carbons (Fsp3) is 0.588. The molecule has 2 rings (SSSR count). The molecule has 20 heavy (non-hydrogen) atoms. The molecule has 1 amide bonds. The number of hydrogen-bond acceptors (Lipinski definition) is 1. The highest BCUT2D eigenvalue weighted by Gasteiger charge is 2.26. The maximum absolute atomic E-state index is 12.5. The summed E-state index contributed by atoms with van der Waals surface area (Å²) in [5.41, 5.74) is 2.59. The lowest BCUT2D eigenvalue weighted by molar-refractivity contribution is -0.123. The van der Waals surface area contributed by atoms with Gasteiger partial charge in [-0.2, -0.15) is 0 Å². The first-order valence-electron chi connectivity index (χ1n) is 7.67. The highest BCUT2D eigenvalue weighted by molar-refractivity contribution is 9.09. The molecule has 0 radical (unpaired) electrons. The third-order valence-electron chi connectivity index (χ3n) is 4.35. The number of hydrogen-bond donors (Lipinski definition) is 1. The van der Waals surface area contributed by atoms with E-state index in [1.165, 1.54) is 11.1 Å². The van der Waals surface area contributed by atoms with Gasteiger partial charge >= 0.3 is 0 Å². The van der Waals surface area contributed by atoms with E-state index in [0.717, 1.165) is 44.0 Å². The Balaban J connectivity index is 1.97. The molecule has 0 saturated heterocycles. The fourth-order valence-electron chi connectivity index (χ4n) is 3.00. The van der Waals surface area contributed by atoms with E-state index < -0.39 is 0 Å². The van der Waals surface area contributed by atoms with Crippen LogP contribution in [0.25, 0.3) is 0 Å². The van der Waals surface area contributed by atoms with Crippen molar-refractivity contribution in [3.05, 3.63) is 35.4 Å². The van der Waals surface area contributed by atoms with Crippen molar-refractivity contribution in [2.24, 2.45) is 5.92 Å². The number of carbonyl (C=O) groups is 1. The normalized spacial score (nSPS) is 19.2. The van der Waals surface area contributed by atoms with Gasteiger partial charge in [-0.25, -0.2) is 0 Å². The van der Waals surface area contributed by atoms with Crippen molar-refractivity contribution >= 4 is 21.8 Å². The first-order chi connectivity index (χ1) is 9.76. The van der Waals surface area contributed by atoms with Crippen molar-refractivity contribution in [1.82, 2.24) is 5.32 Å². The van der Waals surface area contributed by atoms with Crippen LogP contribution >= 0.6 is 15.9 Å². The predicted molar refractivity (Wildman–Crippen MR) is 87.3 cm³/mol. The van der Waals surface area contributed by atoms with Gasteiger partial charge in [0.1, 0.15) is 0 Å². The van der Waals surface area contributed by atoms with E-state index in [4.69, 9.17) is 0 Å². The molecule has 0 saturated carbocycles. The molecule has 3 heteroatoms. The van der Waals surface area contributed by atoms with Gasteiger partial charge in [-0.1, -0.05) is 53.5 Å². The molecule has 2 unspecified atom stereocenters. The average Bonchev–Trinajstić information content (AvgIpc) is 2.50. The van der Waals surface area contributed by atoms with Gasteiger partial charge in [0.05, 0.1) is 5.92 Å². The summed E-state index contributed by atoms with van der Waals surface area (Å²) in [6.07, 6.45) is 5.46. The van der Waals surface area contributed by atoms with Crippen LogP contribution in [0.2, 0.25) is 0 Å². The second-order valence-electron chi connectivity index (χ2n) is 5.64. The van der Waals surface area contributed by atoms with E-state index in [-0.39, 0.29) is 11.8 Å². The lowest BCUT2D eigenvalue weighted by atomic mass is 9.82. The summed E-state index contributed by atoms with van der Waals surface area (Å²) in [5, 5.41) is 4.18. The fourth-order valence-corrected chi connectivity index (χ4v) is 3.65. The van der Waals surface area contributed by atoms with E-state index in [0.29, 0.717) is 5.92 Å². The predicted octanol–water partition coefficient (Wildman–Crippen LogP) is 4.03. The number of amides is 1. The molecule has 1 aromatic rings. The summed E-state index contributed by atoms with van der Waals surface area (Å²) < 4.78 is 0. The van der Waals surface area contributed by atoms with Gasteiger partial charge in [-0.15, -0.1) is 0 Å². The van der Waals surface area contributed by atoms with E-state index in [2.05, 4.69) is 46.4 Å². The molecule has 1 N–H and O–H groups in total. The minimum atomic E-state index is 0.0569. The van der Waals surface area contributed by atoms with E-state index in [1.807, 2.05) is 6.07 Å². The van der Waals surface area contributed by atoms with Crippen LogP contribution < -0.4 is 5.32 Å². The SMILES string of the molecule is CCC(CCBr)CNC(=O)C1CCCc2ccccc21. The summed E-state index contributed by atoms with van der Waals surface area (Å²) in [6.45, 7) is 3.00. The molecule has 0 bridgehead atoms. The van der Waals surface area contributed by atoms with Gasteiger partial charge in [-0.3, -0.25) is 4.79 Å². The van der Waals surface area contributed by atoms with Crippen molar-refractivity contribution in [2.75, 3.05) is 11.9 Å². The van der Waals surface area contributed by atoms with Crippen LogP contribution in [0.1, 0.15) is 49.7 Å². The Labute approximate surface area is 130 Å². The monoisotopic (exact) mass is 337 g/mol. The van der Waals surface area contributed by atoms with Crippen molar-refractivity contribution in [3.8, 4) is 0 Å². The second kappa shape index (κ2) is 7.82. The van der Waals surface area contributed by atoms with Gasteiger partial charge in [0.2, 0.25) is 5.91 Å². The van der Waals surface area contributed by atoms with Gasteiger partial charge in [0, 0.05) is 11.9 Å². The first-order valence-corrected chi connectivity index (χ1v) is 8.79. The third kappa shape index (κ3) is 3.85. The second-order valence-corrected chi connectivity index (χ2v) is 6.43. The maximum atomic E-state index is 12.5. The Morgan fingerprint density at radius 3 is 3.00 bits per heavy atom. The minimum Gasteiger partial charge on any atom is -0.355 e. The molecule has 2 nitrogen and oxygen atoms in total. The molecule has 0 spiro atoms. The average molecular weight is 338 g/mol. The summed E-state index contributed by atoms with van der Waals surface area (Å²) in [6, 6.07) is 8.40. The molecule has 0 aliphatic heterocycles. The summed E-state index contributed by atoms with van der Waals surface area (Å²) in [4.78, 5) is 12.5. The Hall–Kier alpha value is -0.830. The number of fused-ring (bicyclic) bond motifs is 1. The standard InChI is InChI=1S/C17H24BrNO/c1-2-13(10-11-18)12-19-17(20)16-9-5-7-14-6-3-4-8-15(14)16/h3-4,6,8,13,16H,2,5,7,9-12H2,1H3,(H,19,20). The number of carbonyl (C=O) groups excluding carboxylic acids is 1. The molecule has 1 aliphatic carbocycles. The lowest BCUT2D eigenvalue weighted by Gasteiger charge is -2.25. The number of halogens is 1. The van der Waals surface area contributed by atoms with Crippen molar-refractivity contribution in [3.63, 3.8) is 0 Å². The Bertz CT molecular complexity index is 446. The summed E-state index contributed by atoms with van der Waals surface area (Å²) in [5.74, 6) is 0.851. The largest absolute Gasteiger partial charge is 0.355 e. The third-order valence-corrected chi connectivity index (χ3v) is 4.80. The zero-order valence-electron chi connectivity index (χ0n) is 12.2. The van der Waals surface area contributed by atoms with Gasteiger partial charge < -0.3 is 5.32 Å². The summed E-state index contributed by atoms with van der Waals surface area (Å²) >= 11 is 3.48. The number of benzene rings is 1. The smallest absolute Gasteiger partial charge is 0.227 e. The van der Waals surface area contributed by atoms with Crippen molar-refractivity contribution < 1.29 is 4.79 Å². The molecule has 2 atom stereocenters. The molecular weight excluding hydrogens is 314 g/mol. The first kappa shape index (κ1) is 15.6. The Kier molecular flexibility index (Phi) is 6.08. The van der Waals surface area contributed by atoms with Crippen LogP contribution in [0.5, 0.6) is 0 Å². The molecule has 0 aromatic heterocycles. The maximum Gasteiger partial charge on any atom is 0.227 e. The van der Waals surface area contributed by atoms with Crippen LogP contribution in [-0.2, 0) is 11.2 Å². The van der Waals surface area contributed by atoms with Gasteiger partial charge in [-0.05, 0) is 42.7 Å². The molecular formula is C17H24BrNO. The van der Waals surface area contributed by atoms with E-state index in [9.17, 15) is 4.79 Å². The Morgan fingerprint density at radius 1 is 1.45 bits per heavy atom. The molecule has 1 aromatic carbocycles. The number of nitrogens with one attached hydrogen (secondary N) is 1. The highest BCUT2D eigenvalue weighted by Crippen LogP contribution is 2.31. The van der Waals surface area contributed by atoms with E-state index in [1.54, 1.807) is 0 Å². The van der Waals surface area contributed by atoms with Crippen LogP contribution in [0.4, 0.5) is 0 Å². The number of alkyl halides is 1. The zero-order chi connectivity index (χ0) is 14.4. The van der Waals surface area contributed by atoms with E-state index >= 15 is 0 Å². The lowest BCUT2D eigenvalue weighted by Crippen LogP contribution is -2.34. The number of rotatable bonds is 6. The van der Waals surface area contributed by atoms with Crippen LogP contribution in [-0.4, -0.2) is 17.8 Å². The summed E-state index contributed by atoms with van der Waals surface area (Å²) in [7, 11) is 0. The highest BCUT2D eigenvalue weighted by atomic mass is 79.9. The van der Waals surface area contributed by atoms with Crippen molar-refractivity contribution in [2.45, 2.75) is 44.9 Å². The quantitative estimate of drug-likeness (QED) is 0.780. The molecule has 0 heterocycles. The topological polar surface area (TPSA) is 29.1 Å². The van der Waals surface area contributed by atoms with Gasteiger partial charge in [0.15, 0.2) is 0 Å². The molecule has 1 aliphatic rings. The Morgan fingerprint density at radius 2 is 2.25 bits per heavy atom. The van der Waals surface area contributed by atoms with Crippen LogP contribution in [0, 0.1) is 5.92 Å². The zero-order valence-corrected chi connectivity index (χ0v) is 13.8.